The molecule has 0 aliphatic carbocycles. The second kappa shape index (κ2) is 9.51. The van der Waals surface area contributed by atoms with E-state index in [1.165, 1.54) is 42.5 Å². The van der Waals surface area contributed by atoms with Crippen molar-refractivity contribution in [2.45, 2.75) is 17.9 Å². The van der Waals surface area contributed by atoms with Crippen LogP contribution in [0.1, 0.15) is 18.5 Å². The highest BCUT2D eigenvalue weighted by Gasteiger charge is 2.18. The van der Waals surface area contributed by atoms with Gasteiger partial charge in [-0.1, -0.05) is 42.5 Å². The molecule has 0 unspecified atom stereocenters. The zero-order valence-corrected chi connectivity index (χ0v) is 17.0. The number of anilines is 1. The van der Waals surface area contributed by atoms with Gasteiger partial charge in [0.2, 0.25) is 10.0 Å². The quantitative estimate of drug-likeness (QED) is 0.570. The molecule has 6 nitrogen and oxygen atoms in total. The molecule has 0 fully saturated rings. The van der Waals surface area contributed by atoms with Crippen LogP contribution in [0, 0.1) is 5.82 Å². The van der Waals surface area contributed by atoms with Gasteiger partial charge in [-0.25, -0.2) is 17.5 Å². The number of carbonyl (C=O) groups is 1. The van der Waals surface area contributed by atoms with E-state index in [0.29, 0.717) is 5.75 Å². The number of hydrogen-bond acceptors (Lipinski definition) is 4. The number of hydrogen-bond donors (Lipinski definition) is 2. The number of nitrogens with one attached hydrogen (secondary N) is 2. The predicted octanol–water partition coefficient (Wildman–Crippen LogP) is 3.88. The van der Waals surface area contributed by atoms with Crippen molar-refractivity contribution >= 4 is 21.6 Å². The highest BCUT2D eigenvalue weighted by atomic mass is 32.2. The second-order valence-corrected chi connectivity index (χ2v) is 8.26. The van der Waals surface area contributed by atoms with Crippen LogP contribution in [-0.2, 0) is 14.8 Å². The lowest BCUT2D eigenvalue weighted by atomic mass is 10.1. The fraction of sp³-hybridized carbons (Fsp3) is 0.136. The summed E-state index contributed by atoms with van der Waals surface area (Å²) in [7, 11) is -3.73. The van der Waals surface area contributed by atoms with Crippen molar-refractivity contribution in [1.29, 1.82) is 0 Å². The standard InChI is InChI=1S/C22H21FN2O4S/c1-16(17-7-3-2-4-8-17)25-30(27,28)19-13-11-18(12-14-19)29-15-22(26)24-21-10-6-5-9-20(21)23/h2-14,16,25H,15H2,1H3,(H,24,26)/t16-/m1/s1. The zero-order valence-electron chi connectivity index (χ0n) is 16.2. The van der Waals surface area contributed by atoms with Crippen molar-refractivity contribution in [3.63, 3.8) is 0 Å². The summed E-state index contributed by atoms with van der Waals surface area (Å²) in [5, 5.41) is 2.41. The van der Waals surface area contributed by atoms with E-state index in [1.54, 1.807) is 13.0 Å². The van der Waals surface area contributed by atoms with Crippen LogP contribution in [0.3, 0.4) is 0 Å². The number of sulfonamides is 1. The van der Waals surface area contributed by atoms with Gasteiger partial charge in [0.05, 0.1) is 10.6 Å². The molecule has 1 amide bonds. The van der Waals surface area contributed by atoms with Gasteiger partial charge in [-0.2, -0.15) is 0 Å². The molecule has 0 aliphatic heterocycles. The third-order valence-electron chi connectivity index (χ3n) is 4.28. The van der Waals surface area contributed by atoms with E-state index in [2.05, 4.69) is 10.0 Å². The Bertz CT molecular complexity index is 1100. The summed E-state index contributed by atoms with van der Waals surface area (Å²) >= 11 is 0. The SMILES string of the molecule is C[C@@H](NS(=O)(=O)c1ccc(OCC(=O)Nc2ccccc2F)cc1)c1ccccc1. The monoisotopic (exact) mass is 428 g/mol. The van der Waals surface area contributed by atoms with Gasteiger partial charge < -0.3 is 10.1 Å². The first-order valence-electron chi connectivity index (χ1n) is 9.20. The molecule has 0 radical (unpaired) electrons. The first-order valence-corrected chi connectivity index (χ1v) is 10.7. The maximum absolute atomic E-state index is 13.5. The summed E-state index contributed by atoms with van der Waals surface area (Å²) in [5.41, 5.74) is 0.910. The van der Waals surface area contributed by atoms with Crippen molar-refractivity contribution < 1.29 is 22.3 Å². The summed E-state index contributed by atoms with van der Waals surface area (Å²) in [6.07, 6.45) is 0. The van der Waals surface area contributed by atoms with Crippen molar-refractivity contribution in [3.8, 4) is 5.75 Å². The molecule has 0 bridgehead atoms. The minimum Gasteiger partial charge on any atom is -0.484 e. The molecule has 30 heavy (non-hydrogen) atoms. The molecule has 3 aromatic carbocycles. The molecule has 156 valence electrons. The summed E-state index contributed by atoms with van der Waals surface area (Å²) in [6, 6.07) is 20.3. The van der Waals surface area contributed by atoms with E-state index in [1.807, 2.05) is 30.3 Å². The Morgan fingerprint density at radius 1 is 0.967 bits per heavy atom. The molecule has 0 aromatic heterocycles. The van der Waals surface area contributed by atoms with Gasteiger partial charge in [0.1, 0.15) is 11.6 Å². The smallest absolute Gasteiger partial charge is 0.262 e. The van der Waals surface area contributed by atoms with Crippen LogP contribution >= 0.6 is 0 Å². The van der Waals surface area contributed by atoms with Gasteiger partial charge in [0.25, 0.3) is 5.91 Å². The van der Waals surface area contributed by atoms with Crippen LogP contribution in [0.4, 0.5) is 10.1 Å². The lowest BCUT2D eigenvalue weighted by molar-refractivity contribution is -0.118. The minimum absolute atomic E-state index is 0.0613. The van der Waals surface area contributed by atoms with Crippen molar-refractivity contribution in [1.82, 2.24) is 4.72 Å². The predicted molar refractivity (Wildman–Crippen MR) is 112 cm³/mol. The lowest BCUT2D eigenvalue weighted by Crippen LogP contribution is -2.26. The number of halogens is 1. The number of ether oxygens (including phenoxy) is 1. The van der Waals surface area contributed by atoms with E-state index in [-0.39, 0.29) is 17.2 Å². The molecule has 0 heterocycles. The molecular formula is C22H21FN2O4S. The van der Waals surface area contributed by atoms with Gasteiger partial charge in [0.15, 0.2) is 6.61 Å². The molecule has 8 heteroatoms. The Morgan fingerprint density at radius 2 is 1.60 bits per heavy atom. The zero-order chi connectivity index (χ0) is 21.6. The number of carbonyl (C=O) groups excluding carboxylic acids is 1. The molecule has 0 saturated carbocycles. The molecule has 3 rings (SSSR count). The Labute approximate surface area is 174 Å². The maximum Gasteiger partial charge on any atom is 0.262 e. The van der Waals surface area contributed by atoms with Gasteiger partial charge >= 0.3 is 0 Å². The Hall–Kier alpha value is -3.23. The minimum atomic E-state index is -3.73. The molecule has 0 aliphatic rings. The number of rotatable bonds is 8. The fourth-order valence-electron chi connectivity index (χ4n) is 2.72. The number of benzene rings is 3. The Morgan fingerprint density at radius 3 is 2.27 bits per heavy atom. The molecule has 0 spiro atoms. The molecule has 1 atom stereocenters. The summed E-state index contributed by atoms with van der Waals surface area (Å²) in [6.45, 7) is 1.42. The first-order chi connectivity index (χ1) is 14.3. The van der Waals surface area contributed by atoms with Crippen LogP contribution in [0.25, 0.3) is 0 Å². The molecule has 2 N–H and O–H groups in total. The summed E-state index contributed by atoms with van der Waals surface area (Å²) in [4.78, 5) is 12.0. The fourth-order valence-corrected chi connectivity index (χ4v) is 3.96. The average Bonchev–Trinajstić information content (AvgIpc) is 2.74. The Balaban J connectivity index is 1.57. The molecule has 3 aromatic rings. The van der Waals surface area contributed by atoms with E-state index >= 15 is 0 Å². The van der Waals surface area contributed by atoms with E-state index in [9.17, 15) is 17.6 Å². The second-order valence-electron chi connectivity index (χ2n) is 6.54. The van der Waals surface area contributed by atoms with E-state index < -0.39 is 27.8 Å². The summed E-state index contributed by atoms with van der Waals surface area (Å²) < 4.78 is 46.7. The van der Waals surface area contributed by atoms with Crippen LogP contribution in [0.5, 0.6) is 5.75 Å². The van der Waals surface area contributed by atoms with Crippen LogP contribution in [-0.4, -0.2) is 20.9 Å². The summed E-state index contributed by atoms with van der Waals surface area (Å²) in [5.74, 6) is -0.762. The molecule has 0 saturated heterocycles. The van der Waals surface area contributed by atoms with E-state index in [4.69, 9.17) is 4.74 Å². The third kappa shape index (κ3) is 5.65. The largest absolute Gasteiger partial charge is 0.484 e. The van der Waals surface area contributed by atoms with Crippen molar-refractivity contribution in [2.24, 2.45) is 0 Å². The lowest BCUT2D eigenvalue weighted by Gasteiger charge is -2.15. The number of para-hydroxylation sites is 1. The van der Waals surface area contributed by atoms with Gasteiger partial charge in [-0.3, -0.25) is 4.79 Å². The highest BCUT2D eigenvalue weighted by Crippen LogP contribution is 2.20. The third-order valence-corrected chi connectivity index (χ3v) is 5.84. The highest BCUT2D eigenvalue weighted by molar-refractivity contribution is 7.89. The van der Waals surface area contributed by atoms with Gasteiger partial charge in [0, 0.05) is 6.04 Å². The van der Waals surface area contributed by atoms with Crippen LogP contribution in [0.15, 0.2) is 83.8 Å². The van der Waals surface area contributed by atoms with Gasteiger partial charge in [-0.05, 0) is 48.9 Å². The average molecular weight is 428 g/mol. The van der Waals surface area contributed by atoms with E-state index in [0.717, 1.165) is 5.56 Å². The normalized spacial score (nSPS) is 12.2. The Kier molecular flexibility index (Phi) is 6.81. The first kappa shape index (κ1) is 21.5. The van der Waals surface area contributed by atoms with Crippen LogP contribution in [0.2, 0.25) is 0 Å². The molecular weight excluding hydrogens is 407 g/mol. The van der Waals surface area contributed by atoms with Crippen molar-refractivity contribution in [2.75, 3.05) is 11.9 Å². The number of amides is 1. The van der Waals surface area contributed by atoms with Crippen LogP contribution < -0.4 is 14.8 Å². The van der Waals surface area contributed by atoms with Gasteiger partial charge in [-0.15, -0.1) is 0 Å². The van der Waals surface area contributed by atoms with Crippen molar-refractivity contribution in [3.05, 3.63) is 90.2 Å². The maximum atomic E-state index is 13.5. The topological polar surface area (TPSA) is 84.5 Å².